The van der Waals surface area contributed by atoms with Gasteiger partial charge < -0.3 is 15.5 Å². The number of hydrogen-bond donors (Lipinski definition) is 2. The third-order valence-corrected chi connectivity index (χ3v) is 8.80. The predicted molar refractivity (Wildman–Crippen MR) is 137 cm³/mol. The van der Waals surface area contributed by atoms with Gasteiger partial charge in [-0.15, -0.1) is 0 Å². The Bertz CT molecular complexity index is 1080. The van der Waals surface area contributed by atoms with Gasteiger partial charge in [-0.2, -0.15) is 0 Å². The van der Waals surface area contributed by atoms with E-state index in [1.165, 1.54) is 0 Å². The summed E-state index contributed by atoms with van der Waals surface area (Å²) in [6.45, 7) is 0. The minimum Gasteiger partial charge on any atom is -0.352 e. The lowest BCUT2D eigenvalue weighted by atomic mass is 9.77. The fourth-order valence-corrected chi connectivity index (χ4v) is 6.68. The van der Waals surface area contributed by atoms with E-state index in [9.17, 15) is 9.59 Å². The Morgan fingerprint density at radius 1 is 0.886 bits per heavy atom. The molecule has 1 aromatic heterocycles. The van der Waals surface area contributed by atoms with Gasteiger partial charge in [0, 0.05) is 35.4 Å². The molecule has 2 amide bonds. The normalized spacial score (nSPS) is 27.0. The van der Waals surface area contributed by atoms with Crippen molar-refractivity contribution in [3.05, 3.63) is 58.7 Å². The molecule has 2 aromatic rings. The summed E-state index contributed by atoms with van der Waals surface area (Å²) in [6.07, 6.45) is 11.9. The number of rotatable bonds is 6. The fraction of sp³-hybridized carbons (Fsp3) is 0.536. The van der Waals surface area contributed by atoms with Gasteiger partial charge in [0.05, 0.1) is 11.0 Å². The highest BCUT2D eigenvalue weighted by atomic mass is 35.5. The van der Waals surface area contributed by atoms with E-state index in [2.05, 4.69) is 20.5 Å². The highest BCUT2D eigenvalue weighted by molar-refractivity contribution is 6.30. The smallest absolute Gasteiger partial charge is 0.253 e. The molecule has 184 valence electrons. The number of anilines is 1. The summed E-state index contributed by atoms with van der Waals surface area (Å²) in [4.78, 5) is 33.1. The molecule has 6 rings (SSSR count). The third-order valence-electron chi connectivity index (χ3n) is 8.54. The molecule has 2 aliphatic carbocycles. The van der Waals surface area contributed by atoms with Crippen molar-refractivity contribution in [3.63, 3.8) is 0 Å². The zero-order valence-corrected chi connectivity index (χ0v) is 20.8. The van der Waals surface area contributed by atoms with E-state index < -0.39 is 5.41 Å². The lowest BCUT2D eigenvalue weighted by Gasteiger charge is -2.41. The highest BCUT2D eigenvalue weighted by Gasteiger charge is 2.46. The Kier molecular flexibility index (Phi) is 5.95. The largest absolute Gasteiger partial charge is 0.352 e. The molecule has 0 radical (unpaired) electrons. The van der Waals surface area contributed by atoms with Gasteiger partial charge in [0.15, 0.2) is 0 Å². The van der Waals surface area contributed by atoms with Gasteiger partial charge >= 0.3 is 0 Å². The van der Waals surface area contributed by atoms with Gasteiger partial charge in [0.1, 0.15) is 5.82 Å². The maximum atomic E-state index is 13.7. The summed E-state index contributed by atoms with van der Waals surface area (Å²) in [5.74, 6) is 1.09. The summed E-state index contributed by atoms with van der Waals surface area (Å²) in [5.41, 5.74) is 1.28. The number of halogens is 1. The van der Waals surface area contributed by atoms with Gasteiger partial charge in [-0.25, -0.2) is 4.98 Å². The maximum absolute atomic E-state index is 13.7. The SMILES string of the molecule is O=C(NC1CC1)c1ccc(N2[C@@H]3CC[C@H]2C[C@@H](NC(=O)C2(c4ccc(Cl)cc4)CCCC2)C3)nc1. The minimum absolute atomic E-state index is 0.0301. The van der Waals surface area contributed by atoms with Crippen LogP contribution in [0.25, 0.3) is 0 Å². The molecule has 2 bridgehead atoms. The number of nitrogens with one attached hydrogen (secondary N) is 2. The van der Waals surface area contributed by atoms with Crippen LogP contribution in [0.5, 0.6) is 0 Å². The van der Waals surface area contributed by atoms with Crippen LogP contribution in [0.1, 0.15) is 80.1 Å². The summed E-state index contributed by atoms with van der Waals surface area (Å²) in [6, 6.07) is 13.0. The molecule has 2 saturated heterocycles. The van der Waals surface area contributed by atoms with Gasteiger partial charge in [-0.05, 0) is 81.2 Å². The molecule has 2 N–H and O–H groups in total. The van der Waals surface area contributed by atoms with Crippen LogP contribution in [0.4, 0.5) is 5.82 Å². The monoisotopic (exact) mass is 492 g/mol. The summed E-state index contributed by atoms with van der Waals surface area (Å²) < 4.78 is 0. The predicted octanol–water partition coefficient (Wildman–Crippen LogP) is 4.76. The van der Waals surface area contributed by atoms with Crippen LogP contribution in [-0.4, -0.2) is 41.0 Å². The molecule has 2 aliphatic heterocycles. The second-order valence-electron chi connectivity index (χ2n) is 10.9. The average molecular weight is 493 g/mol. The summed E-state index contributed by atoms with van der Waals surface area (Å²) >= 11 is 6.12. The second-order valence-corrected chi connectivity index (χ2v) is 11.3. The Balaban J connectivity index is 1.13. The Hall–Kier alpha value is -2.60. The molecule has 35 heavy (non-hydrogen) atoms. The number of pyridine rings is 1. The summed E-state index contributed by atoms with van der Waals surface area (Å²) in [7, 11) is 0. The van der Waals surface area contributed by atoms with Gasteiger partial charge in [0.2, 0.25) is 5.91 Å². The lowest BCUT2D eigenvalue weighted by molar-refractivity contribution is -0.127. The maximum Gasteiger partial charge on any atom is 0.253 e. The molecule has 7 heteroatoms. The minimum atomic E-state index is -0.431. The molecule has 2 saturated carbocycles. The van der Waals surface area contributed by atoms with E-state index >= 15 is 0 Å². The summed E-state index contributed by atoms with van der Waals surface area (Å²) in [5, 5.41) is 7.19. The van der Waals surface area contributed by atoms with Gasteiger partial charge in [-0.3, -0.25) is 9.59 Å². The number of hydrogen-bond acceptors (Lipinski definition) is 4. The fourth-order valence-electron chi connectivity index (χ4n) is 6.56. The Labute approximate surface area is 211 Å². The molecule has 3 atom stereocenters. The van der Waals surface area contributed by atoms with Crippen molar-refractivity contribution in [2.24, 2.45) is 0 Å². The van der Waals surface area contributed by atoms with E-state index in [-0.39, 0.29) is 17.9 Å². The molecular formula is C28H33ClN4O2. The molecule has 6 nitrogen and oxygen atoms in total. The number of carbonyl (C=O) groups is 2. The number of amides is 2. The standard InChI is InChI=1S/C28H33ClN4O2/c29-20-6-4-19(5-7-20)28(13-1-2-14-28)27(35)32-22-15-23-10-11-24(16-22)33(23)25-12-3-18(17-30-25)26(34)31-21-8-9-21/h3-7,12,17,21-24H,1-2,8-11,13-16H2,(H,31,34)(H,32,35)/t22-,23+,24-. The van der Waals surface area contributed by atoms with Crippen LogP contribution in [0, 0.1) is 0 Å². The number of benzene rings is 1. The van der Waals surface area contributed by atoms with Crippen molar-refractivity contribution >= 4 is 29.2 Å². The quantitative estimate of drug-likeness (QED) is 0.610. The van der Waals surface area contributed by atoms with Crippen molar-refractivity contribution < 1.29 is 9.59 Å². The van der Waals surface area contributed by atoms with E-state index in [1.807, 2.05) is 36.4 Å². The van der Waals surface area contributed by atoms with Gasteiger partial charge in [0.25, 0.3) is 5.91 Å². The van der Waals surface area contributed by atoms with E-state index in [1.54, 1.807) is 6.20 Å². The number of piperidine rings is 1. The Morgan fingerprint density at radius 2 is 1.57 bits per heavy atom. The first kappa shape index (κ1) is 22.8. The van der Waals surface area contributed by atoms with Crippen molar-refractivity contribution in [1.82, 2.24) is 15.6 Å². The van der Waals surface area contributed by atoms with Crippen LogP contribution in [-0.2, 0) is 10.2 Å². The molecule has 3 heterocycles. The van der Waals surface area contributed by atoms with Crippen molar-refractivity contribution in [2.75, 3.05) is 4.90 Å². The zero-order chi connectivity index (χ0) is 24.0. The Morgan fingerprint density at radius 3 is 2.17 bits per heavy atom. The van der Waals surface area contributed by atoms with E-state index in [4.69, 9.17) is 11.6 Å². The van der Waals surface area contributed by atoms with Gasteiger partial charge in [-0.1, -0.05) is 36.6 Å². The highest BCUT2D eigenvalue weighted by Crippen LogP contribution is 2.43. The van der Waals surface area contributed by atoms with Crippen molar-refractivity contribution in [1.29, 1.82) is 0 Å². The second kappa shape index (κ2) is 9.12. The molecule has 0 unspecified atom stereocenters. The van der Waals surface area contributed by atoms with E-state index in [0.717, 1.165) is 75.6 Å². The zero-order valence-electron chi connectivity index (χ0n) is 20.0. The molecular weight excluding hydrogens is 460 g/mol. The number of nitrogens with zero attached hydrogens (tertiary/aromatic N) is 2. The molecule has 0 spiro atoms. The molecule has 4 fully saturated rings. The average Bonchev–Trinajstić information content (AvgIpc) is 3.45. The van der Waals surface area contributed by atoms with E-state index in [0.29, 0.717) is 28.7 Å². The molecule has 1 aromatic carbocycles. The third kappa shape index (κ3) is 4.42. The number of fused-ring (bicyclic) bond motifs is 2. The van der Waals surface area contributed by atoms with Crippen LogP contribution in [0.15, 0.2) is 42.6 Å². The van der Waals surface area contributed by atoms with Crippen molar-refractivity contribution in [3.8, 4) is 0 Å². The first-order chi connectivity index (χ1) is 17.0. The van der Waals surface area contributed by atoms with Crippen LogP contribution >= 0.6 is 11.6 Å². The van der Waals surface area contributed by atoms with Crippen LogP contribution in [0.3, 0.4) is 0 Å². The molecule has 4 aliphatic rings. The first-order valence-electron chi connectivity index (χ1n) is 13.1. The lowest BCUT2D eigenvalue weighted by Crippen LogP contribution is -2.54. The number of aromatic nitrogens is 1. The van der Waals surface area contributed by atoms with Crippen molar-refractivity contribution in [2.45, 2.75) is 93.8 Å². The van der Waals surface area contributed by atoms with Crippen LogP contribution < -0.4 is 15.5 Å². The first-order valence-corrected chi connectivity index (χ1v) is 13.5. The number of carbonyl (C=O) groups excluding carboxylic acids is 2. The topological polar surface area (TPSA) is 74.3 Å². The van der Waals surface area contributed by atoms with Crippen LogP contribution in [0.2, 0.25) is 5.02 Å².